The molecule has 0 aliphatic heterocycles. The largest absolute Gasteiger partial charge is 0.444 e. The maximum Gasteiger partial charge on any atom is 0.405 e. The van der Waals surface area contributed by atoms with Gasteiger partial charge in [-0.05, 0) is 55.2 Å². The fourth-order valence-electron chi connectivity index (χ4n) is 3.81. The highest BCUT2D eigenvalue weighted by Gasteiger charge is 2.38. The molecule has 0 aliphatic carbocycles. The van der Waals surface area contributed by atoms with E-state index >= 15 is 0 Å². The minimum absolute atomic E-state index is 0.291. The molecule has 2 aromatic rings. The zero-order valence-corrected chi connectivity index (χ0v) is 15.8. The van der Waals surface area contributed by atoms with Gasteiger partial charge in [0.25, 0.3) is 0 Å². The molecule has 0 spiro atoms. The summed E-state index contributed by atoms with van der Waals surface area (Å²) < 4.78 is 5.35. The zero-order valence-electron chi connectivity index (χ0n) is 15.8. The molecule has 0 heterocycles. The average Bonchev–Trinajstić information content (AvgIpc) is 2.60. The summed E-state index contributed by atoms with van der Waals surface area (Å²) >= 11 is 0. The number of ether oxygens (including phenoxy) is 1. The number of hydrogen-bond acceptors (Lipinski definition) is 3. The SMILES string of the molecule is CC(C)(CC(CN=[N+]=[N-])(Cc1ccccc1)Cc1ccccc1)OC(N)=O. The first-order valence-corrected chi connectivity index (χ1v) is 8.91. The van der Waals surface area contributed by atoms with Crippen LogP contribution in [-0.4, -0.2) is 18.2 Å². The fourth-order valence-corrected chi connectivity index (χ4v) is 3.81. The van der Waals surface area contributed by atoms with Crippen molar-refractivity contribution in [1.29, 1.82) is 0 Å². The number of benzene rings is 2. The molecule has 6 nitrogen and oxygen atoms in total. The normalized spacial score (nSPS) is 11.5. The summed E-state index contributed by atoms with van der Waals surface area (Å²) in [6.07, 6.45) is 1.07. The topological polar surface area (TPSA) is 101 Å². The van der Waals surface area contributed by atoms with E-state index < -0.39 is 17.1 Å². The van der Waals surface area contributed by atoms with Crippen LogP contribution in [0.1, 0.15) is 31.4 Å². The van der Waals surface area contributed by atoms with Gasteiger partial charge in [0.15, 0.2) is 0 Å². The first kappa shape index (κ1) is 20.3. The van der Waals surface area contributed by atoms with Crippen molar-refractivity contribution in [2.24, 2.45) is 16.3 Å². The van der Waals surface area contributed by atoms with Crippen LogP contribution in [0.2, 0.25) is 0 Å². The van der Waals surface area contributed by atoms with Gasteiger partial charge in [-0.2, -0.15) is 0 Å². The molecule has 2 N–H and O–H groups in total. The van der Waals surface area contributed by atoms with Gasteiger partial charge in [-0.3, -0.25) is 0 Å². The van der Waals surface area contributed by atoms with Gasteiger partial charge in [-0.25, -0.2) is 4.79 Å². The monoisotopic (exact) mass is 366 g/mol. The van der Waals surface area contributed by atoms with E-state index in [9.17, 15) is 4.79 Å². The summed E-state index contributed by atoms with van der Waals surface area (Å²) in [6.45, 7) is 3.95. The predicted molar refractivity (Wildman–Crippen MR) is 106 cm³/mol. The van der Waals surface area contributed by atoms with Crippen LogP contribution in [-0.2, 0) is 17.6 Å². The van der Waals surface area contributed by atoms with Crippen LogP contribution in [0, 0.1) is 5.41 Å². The first-order valence-electron chi connectivity index (χ1n) is 8.91. The lowest BCUT2D eigenvalue weighted by Gasteiger charge is -2.39. The lowest BCUT2D eigenvalue weighted by atomic mass is 9.70. The number of carbonyl (C=O) groups excluding carboxylic acids is 1. The van der Waals surface area contributed by atoms with E-state index in [1.807, 2.05) is 50.2 Å². The highest BCUT2D eigenvalue weighted by atomic mass is 16.6. The zero-order chi connectivity index (χ0) is 19.8. The Bertz CT molecular complexity index is 743. The van der Waals surface area contributed by atoms with Crippen LogP contribution in [0.15, 0.2) is 65.8 Å². The fraction of sp³-hybridized carbons (Fsp3) is 0.381. The van der Waals surface area contributed by atoms with E-state index in [1.165, 1.54) is 0 Å². The highest BCUT2D eigenvalue weighted by Crippen LogP contribution is 2.38. The molecule has 2 rings (SSSR count). The number of nitrogens with zero attached hydrogens (tertiary/aromatic N) is 3. The summed E-state index contributed by atoms with van der Waals surface area (Å²) in [6, 6.07) is 20.1. The average molecular weight is 366 g/mol. The molecule has 0 bridgehead atoms. The van der Waals surface area contributed by atoms with E-state index in [2.05, 4.69) is 34.3 Å². The molecule has 6 heteroatoms. The summed E-state index contributed by atoms with van der Waals surface area (Å²) in [4.78, 5) is 14.3. The van der Waals surface area contributed by atoms with Gasteiger partial charge in [-0.15, -0.1) is 0 Å². The molecule has 0 fully saturated rings. The van der Waals surface area contributed by atoms with E-state index in [0.717, 1.165) is 11.1 Å². The number of rotatable bonds is 9. The van der Waals surface area contributed by atoms with Crippen LogP contribution < -0.4 is 5.73 Å². The molecule has 1 amide bonds. The lowest BCUT2D eigenvalue weighted by molar-refractivity contribution is 0.00513. The highest BCUT2D eigenvalue weighted by molar-refractivity contribution is 5.65. The van der Waals surface area contributed by atoms with Crippen LogP contribution in [0.4, 0.5) is 4.79 Å². The van der Waals surface area contributed by atoms with Crippen LogP contribution in [0.5, 0.6) is 0 Å². The van der Waals surface area contributed by atoms with Gasteiger partial charge in [0, 0.05) is 11.5 Å². The number of carbonyl (C=O) groups is 1. The molecular formula is C21H26N4O2. The summed E-state index contributed by atoms with van der Waals surface area (Å²) in [7, 11) is 0. The second-order valence-corrected chi connectivity index (χ2v) is 7.57. The molecule has 27 heavy (non-hydrogen) atoms. The standard InChI is InChI=1S/C21H26N4O2/c1-20(2,27-19(22)26)15-21(16-24-25-23,13-17-9-5-3-6-10-17)14-18-11-7-4-8-12-18/h3-12H,13-16H2,1-2H3,(H2,22,26). The predicted octanol–water partition coefficient (Wildman–Crippen LogP) is 5.03. The lowest BCUT2D eigenvalue weighted by Crippen LogP contribution is -2.41. The smallest absolute Gasteiger partial charge is 0.405 e. The van der Waals surface area contributed by atoms with Crippen molar-refractivity contribution < 1.29 is 9.53 Å². The summed E-state index contributed by atoms with van der Waals surface area (Å²) in [5, 5.41) is 3.91. The molecule has 0 atom stereocenters. The van der Waals surface area contributed by atoms with E-state index in [1.54, 1.807) is 0 Å². The quantitative estimate of drug-likeness (QED) is 0.382. The molecular weight excluding hydrogens is 340 g/mol. The Morgan fingerprint density at radius 3 is 1.93 bits per heavy atom. The Hall–Kier alpha value is -2.98. The second-order valence-electron chi connectivity index (χ2n) is 7.57. The number of primary amides is 1. The van der Waals surface area contributed by atoms with Gasteiger partial charge in [0.05, 0.1) is 0 Å². The minimum Gasteiger partial charge on any atom is -0.444 e. The molecule has 0 saturated carbocycles. The van der Waals surface area contributed by atoms with Crippen molar-refractivity contribution in [2.45, 2.75) is 38.7 Å². The van der Waals surface area contributed by atoms with Crippen molar-refractivity contribution in [3.63, 3.8) is 0 Å². The Morgan fingerprint density at radius 1 is 1.04 bits per heavy atom. The maximum absolute atomic E-state index is 11.3. The Morgan fingerprint density at radius 2 is 1.52 bits per heavy atom. The summed E-state index contributed by atoms with van der Waals surface area (Å²) in [5.74, 6) is 0. The maximum atomic E-state index is 11.3. The van der Waals surface area contributed by atoms with Crippen molar-refractivity contribution in [3.8, 4) is 0 Å². The van der Waals surface area contributed by atoms with Crippen LogP contribution in [0.3, 0.4) is 0 Å². The van der Waals surface area contributed by atoms with Gasteiger partial charge in [0.1, 0.15) is 5.60 Å². The molecule has 0 saturated heterocycles. The van der Waals surface area contributed by atoms with Crippen molar-refractivity contribution in [2.75, 3.05) is 6.54 Å². The van der Waals surface area contributed by atoms with E-state index in [0.29, 0.717) is 25.8 Å². The van der Waals surface area contributed by atoms with Gasteiger partial charge >= 0.3 is 6.09 Å². The number of amides is 1. The molecule has 2 aromatic carbocycles. The van der Waals surface area contributed by atoms with Crippen LogP contribution >= 0.6 is 0 Å². The first-order chi connectivity index (χ1) is 12.8. The second kappa shape index (κ2) is 9.10. The van der Waals surface area contributed by atoms with Crippen LogP contribution in [0.25, 0.3) is 10.4 Å². The Kier molecular flexibility index (Phi) is 6.85. The van der Waals surface area contributed by atoms with Crippen molar-refractivity contribution in [1.82, 2.24) is 0 Å². The third-order valence-electron chi connectivity index (χ3n) is 4.49. The Balaban J connectivity index is 2.43. The van der Waals surface area contributed by atoms with Crippen molar-refractivity contribution >= 4 is 6.09 Å². The number of azide groups is 1. The summed E-state index contributed by atoms with van der Waals surface area (Å²) in [5.41, 5.74) is 15.3. The Labute approximate surface area is 160 Å². The van der Waals surface area contributed by atoms with Gasteiger partial charge < -0.3 is 10.5 Å². The van der Waals surface area contributed by atoms with Crippen molar-refractivity contribution in [3.05, 3.63) is 82.2 Å². The molecule has 0 radical (unpaired) electrons. The number of nitrogens with two attached hydrogens (primary N) is 1. The molecule has 0 unspecified atom stereocenters. The third kappa shape index (κ3) is 6.68. The van der Waals surface area contributed by atoms with E-state index in [-0.39, 0.29) is 0 Å². The van der Waals surface area contributed by atoms with Gasteiger partial charge in [0.2, 0.25) is 0 Å². The number of hydrogen-bond donors (Lipinski definition) is 1. The van der Waals surface area contributed by atoms with E-state index in [4.69, 9.17) is 16.0 Å². The molecule has 142 valence electrons. The minimum atomic E-state index is -0.808. The third-order valence-corrected chi connectivity index (χ3v) is 4.49. The molecule has 0 aromatic heterocycles. The van der Waals surface area contributed by atoms with Gasteiger partial charge in [-0.1, -0.05) is 65.8 Å². The molecule has 0 aliphatic rings.